The monoisotopic (exact) mass is 243 g/mol. The summed E-state index contributed by atoms with van der Waals surface area (Å²) in [6, 6.07) is 4.40. The quantitative estimate of drug-likeness (QED) is 0.730. The fraction of sp³-hybridized carbons (Fsp3) is 0.364. The molecule has 0 aliphatic rings. The van der Waals surface area contributed by atoms with Crippen molar-refractivity contribution >= 4 is 17.5 Å². The van der Waals surface area contributed by atoms with Gasteiger partial charge in [-0.1, -0.05) is 17.7 Å². The van der Waals surface area contributed by atoms with Crippen LogP contribution in [0.15, 0.2) is 18.2 Å². The largest absolute Gasteiger partial charge is 0.394 e. The molecule has 0 heterocycles. The topological polar surface area (TPSA) is 69.6 Å². The van der Waals surface area contributed by atoms with Gasteiger partial charge in [0.05, 0.1) is 29.8 Å². The van der Waals surface area contributed by atoms with Gasteiger partial charge in [0.1, 0.15) is 0 Å². The van der Waals surface area contributed by atoms with E-state index in [1.807, 2.05) is 6.92 Å². The van der Waals surface area contributed by atoms with Crippen molar-refractivity contribution in [3.05, 3.63) is 34.3 Å². The van der Waals surface area contributed by atoms with E-state index in [9.17, 15) is 4.79 Å². The summed E-state index contributed by atoms with van der Waals surface area (Å²) in [5, 5.41) is 20.5. The molecule has 1 rings (SSSR count). The van der Waals surface area contributed by atoms with Gasteiger partial charge in [-0.3, -0.25) is 4.79 Å². The van der Waals surface area contributed by atoms with Gasteiger partial charge in [-0.2, -0.15) is 0 Å². The number of amides is 1. The van der Waals surface area contributed by atoms with Crippen LogP contribution in [0.25, 0.3) is 0 Å². The third-order valence-electron chi connectivity index (χ3n) is 2.15. The molecule has 5 heteroatoms. The molecule has 3 N–H and O–H groups in total. The summed E-state index contributed by atoms with van der Waals surface area (Å²) in [4.78, 5) is 11.7. The Bertz CT molecular complexity index is 377. The Hall–Kier alpha value is -1.10. The molecule has 0 aromatic heterocycles. The number of hydrogen-bond acceptors (Lipinski definition) is 3. The average Bonchev–Trinajstić information content (AvgIpc) is 2.25. The van der Waals surface area contributed by atoms with Crippen LogP contribution >= 0.6 is 11.6 Å². The van der Waals surface area contributed by atoms with Crippen LogP contribution in [0, 0.1) is 6.92 Å². The lowest BCUT2D eigenvalue weighted by molar-refractivity contribution is 0.0879. The number of hydrogen-bond donors (Lipinski definition) is 3. The maximum atomic E-state index is 11.7. The molecule has 1 aromatic rings. The minimum atomic E-state index is -0.662. The molecular weight excluding hydrogens is 230 g/mol. The van der Waals surface area contributed by atoms with Crippen LogP contribution in [0.4, 0.5) is 0 Å². The van der Waals surface area contributed by atoms with Gasteiger partial charge in [-0.15, -0.1) is 0 Å². The first-order valence-electron chi connectivity index (χ1n) is 4.87. The Balaban J connectivity index is 2.80. The number of carbonyl (C=O) groups is 1. The Kier molecular flexibility index (Phi) is 4.73. The first-order valence-corrected chi connectivity index (χ1v) is 5.25. The summed E-state index contributed by atoms with van der Waals surface area (Å²) >= 11 is 5.91. The predicted octanol–water partition coefficient (Wildman–Crippen LogP) is 0.731. The zero-order chi connectivity index (χ0) is 12.1. The predicted molar refractivity (Wildman–Crippen MR) is 61.6 cm³/mol. The number of rotatable bonds is 4. The van der Waals surface area contributed by atoms with E-state index in [0.29, 0.717) is 10.6 Å². The van der Waals surface area contributed by atoms with Crippen molar-refractivity contribution in [1.82, 2.24) is 5.32 Å². The Morgan fingerprint density at radius 1 is 1.44 bits per heavy atom. The second-order valence-electron chi connectivity index (χ2n) is 3.52. The summed E-state index contributed by atoms with van der Waals surface area (Å²) < 4.78 is 0. The summed E-state index contributed by atoms with van der Waals surface area (Å²) in [7, 11) is 0. The van der Waals surface area contributed by atoms with Gasteiger partial charge in [-0.25, -0.2) is 0 Å². The molecule has 1 amide bonds. The van der Waals surface area contributed by atoms with Gasteiger partial charge < -0.3 is 15.5 Å². The van der Waals surface area contributed by atoms with Gasteiger partial charge in [0.15, 0.2) is 0 Å². The molecule has 0 unspecified atom stereocenters. The fourth-order valence-electron chi connectivity index (χ4n) is 1.22. The van der Waals surface area contributed by atoms with Gasteiger partial charge in [0.2, 0.25) is 0 Å². The van der Waals surface area contributed by atoms with Crippen LogP contribution in [-0.4, -0.2) is 35.4 Å². The van der Waals surface area contributed by atoms with Crippen molar-refractivity contribution in [1.29, 1.82) is 0 Å². The lowest BCUT2D eigenvalue weighted by Crippen LogP contribution is -2.40. The molecule has 16 heavy (non-hydrogen) atoms. The highest BCUT2D eigenvalue weighted by Gasteiger charge is 2.14. The molecule has 88 valence electrons. The highest BCUT2D eigenvalue weighted by atomic mass is 35.5. The van der Waals surface area contributed by atoms with E-state index >= 15 is 0 Å². The van der Waals surface area contributed by atoms with E-state index in [-0.39, 0.29) is 13.2 Å². The highest BCUT2D eigenvalue weighted by molar-refractivity contribution is 6.33. The van der Waals surface area contributed by atoms with E-state index in [0.717, 1.165) is 5.56 Å². The lowest BCUT2D eigenvalue weighted by Gasteiger charge is -2.14. The zero-order valence-electron chi connectivity index (χ0n) is 8.90. The van der Waals surface area contributed by atoms with Crippen LogP contribution in [0.1, 0.15) is 15.9 Å². The minimum absolute atomic E-state index is 0.314. The molecule has 1 aromatic carbocycles. The van der Waals surface area contributed by atoms with Gasteiger partial charge >= 0.3 is 0 Å². The number of halogens is 1. The molecule has 0 saturated carbocycles. The van der Waals surface area contributed by atoms with Crippen LogP contribution in [0.2, 0.25) is 5.02 Å². The fourth-order valence-corrected chi connectivity index (χ4v) is 1.54. The van der Waals surface area contributed by atoms with Crippen molar-refractivity contribution in [2.24, 2.45) is 0 Å². The standard InChI is InChI=1S/C11H14ClNO3/c1-7-2-3-9(10(12)4-7)11(16)13-8(5-14)6-15/h2-4,8,14-15H,5-6H2,1H3,(H,13,16). The van der Waals surface area contributed by atoms with Crippen LogP contribution in [0.5, 0.6) is 0 Å². The molecule has 4 nitrogen and oxygen atoms in total. The molecule has 0 aliphatic carbocycles. The van der Waals surface area contributed by atoms with E-state index in [4.69, 9.17) is 21.8 Å². The maximum absolute atomic E-state index is 11.7. The Morgan fingerprint density at radius 2 is 2.06 bits per heavy atom. The number of benzene rings is 1. The molecular formula is C11H14ClNO3. The molecule has 0 aliphatic heterocycles. The second kappa shape index (κ2) is 5.84. The number of aliphatic hydroxyl groups excluding tert-OH is 2. The first kappa shape index (κ1) is 13.0. The summed E-state index contributed by atoms with van der Waals surface area (Å²) in [5.74, 6) is -0.405. The average molecular weight is 244 g/mol. The van der Waals surface area contributed by atoms with Crippen molar-refractivity contribution in [2.45, 2.75) is 13.0 Å². The maximum Gasteiger partial charge on any atom is 0.253 e. The van der Waals surface area contributed by atoms with E-state index in [1.54, 1.807) is 18.2 Å². The van der Waals surface area contributed by atoms with E-state index < -0.39 is 11.9 Å². The summed E-state index contributed by atoms with van der Waals surface area (Å²) in [5.41, 5.74) is 1.29. The highest BCUT2D eigenvalue weighted by Crippen LogP contribution is 2.17. The van der Waals surface area contributed by atoms with Crippen molar-refractivity contribution in [3.8, 4) is 0 Å². The van der Waals surface area contributed by atoms with E-state index in [2.05, 4.69) is 5.32 Å². The summed E-state index contributed by atoms with van der Waals surface area (Å²) in [6.45, 7) is 1.25. The van der Waals surface area contributed by atoms with Gasteiger partial charge in [0, 0.05) is 0 Å². The lowest BCUT2D eigenvalue weighted by atomic mass is 10.1. The zero-order valence-corrected chi connectivity index (χ0v) is 9.66. The molecule has 0 saturated heterocycles. The molecule has 0 fully saturated rings. The van der Waals surface area contributed by atoms with Gasteiger partial charge in [-0.05, 0) is 24.6 Å². The first-order chi connectivity index (χ1) is 7.58. The smallest absolute Gasteiger partial charge is 0.253 e. The molecule has 0 atom stereocenters. The molecule has 0 spiro atoms. The third kappa shape index (κ3) is 3.20. The minimum Gasteiger partial charge on any atom is -0.394 e. The van der Waals surface area contributed by atoms with Crippen molar-refractivity contribution < 1.29 is 15.0 Å². The normalized spacial score (nSPS) is 10.6. The number of aryl methyl sites for hydroxylation is 1. The number of nitrogens with one attached hydrogen (secondary N) is 1. The number of aliphatic hydroxyl groups is 2. The van der Waals surface area contributed by atoms with Crippen LogP contribution in [-0.2, 0) is 0 Å². The molecule has 0 radical (unpaired) electrons. The van der Waals surface area contributed by atoms with Crippen molar-refractivity contribution in [3.63, 3.8) is 0 Å². The van der Waals surface area contributed by atoms with Crippen molar-refractivity contribution in [2.75, 3.05) is 13.2 Å². The van der Waals surface area contributed by atoms with E-state index in [1.165, 1.54) is 0 Å². The number of carbonyl (C=O) groups excluding carboxylic acids is 1. The Labute approximate surface area is 98.9 Å². The van der Waals surface area contributed by atoms with Crippen LogP contribution in [0.3, 0.4) is 0 Å². The van der Waals surface area contributed by atoms with Crippen LogP contribution < -0.4 is 5.32 Å². The SMILES string of the molecule is Cc1ccc(C(=O)NC(CO)CO)c(Cl)c1. The Morgan fingerprint density at radius 3 is 2.56 bits per heavy atom. The second-order valence-corrected chi connectivity index (χ2v) is 3.93. The molecule has 0 bridgehead atoms. The summed E-state index contributed by atoms with van der Waals surface area (Å²) in [6.07, 6.45) is 0. The third-order valence-corrected chi connectivity index (χ3v) is 2.46. The van der Waals surface area contributed by atoms with Gasteiger partial charge in [0.25, 0.3) is 5.91 Å².